The maximum Gasteiger partial charge on any atom is 0.184 e. The zero-order valence-corrected chi connectivity index (χ0v) is 9.87. The monoisotopic (exact) mass is 239 g/mol. The molecule has 2 N–H and O–H groups in total. The molecule has 3 nitrogen and oxygen atoms in total. The lowest BCUT2D eigenvalue weighted by Crippen LogP contribution is -2.33. The molecule has 5 heteroatoms. The predicted molar refractivity (Wildman–Crippen MR) is 63.5 cm³/mol. The fourth-order valence-corrected chi connectivity index (χ4v) is 1.65. The van der Waals surface area contributed by atoms with Gasteiger partial charge < -0.3 is 10.6 Å². The second-order valence-electron chi connectivity index (χ2n) is 3.99. The van der Waals surface area contributed by atoms with Crippen molar-refractivity contribution in [3.8, 4) is 6.07 Å². The summed E-state index contributed by atoms with van der Waals surface area (Å²) in [6.07, 6.45) is 0.230. The molecule has 1 aromatic rings. The van der Waals surface area contributed by atoms with Gasteiger partial charge in [0.15, 0.2) is 11.6 Å². The number of nitrogens with two attached hydrogens (primary N) is 1. The molecule has 1 aromatic carbocycles. The van der Waals surface area contributed by atoms with Crippen molar-refractivity contribution in [2.45, 2.75) is 26.3 Å². The van der Waals surface area contributed by atoms with Crippen LogP contribution in [0.25, 0.3) is 0 Å². The molecule has 0 spiro atoms. The molecule has 0 aliphatic carbocycles. The summed E-state index contributed by atoms with van der Waals surface area (Å²) in [6, 6.07) is 4.24. The lowest BCUT2D eigenvalue weighted by Gasteiger charge is -2.29. The summed E-state index contributed by atoms with van der Waals surface area (Å²) in [7, 11) is 0. The van der Waals surface area contributed by atoms with Crippen LogP contribution in [0, 0.1) is 23.0 Å². The first-order valence-electron chi connectivity index (χ1n) is 5.36. The van der Waals surface area contributed by atoms with E-state index in [0.29, 0.717) is 6.54 Å². The Bertz CT molecular complexity index is 438. The number of nitrogen functional groups attached to an aromatic ring is 1. The zero-order valence-electron chi connectivity index (χ0n) is 9.87. The summed E-state index contributed by atoms with van der Waals surface area (Å²) in [4.78, 5) is 1.59. The number of nitrogens with zero attached hydrogens (tertiary/aromatic N) is 2. The average molecular weight is 239 g/mol. The number of halogens is 2. The highest BCUT2D eigenvalue weighted by atomic mass is 19.2. The molecule has 0 saturated heterocycles. The lowest BCUT2D eigenvalue weighted by atomic mass is 10.2. The summed E-state index contributed by atoms with van der Waals surface area (Å²) < 4.78 is 26.9. The predicted octanol–water partition coefficient (Wildman–Crippen LogP) is 2.68. The van der Waals surface area contributed by atoms with Gasteiger partial charge in [-0.2, -0.15) is 5.26 Å². The summed E-state index contributed by atoms with van der Waals surface area (Å²) in [5, 5.41) is 8.56. The molecule has 0 radical (unpaired) electrons. The molecule has 0 heterocycles. The molecule has 0 saturated carbocycles. The molecule has 0 bridgehead atoms. The first kappa shape index (κ1) is 13.2. The highest BCUT2D eigenvalue weighted by molar-refractivity contribution is 5.68. The van der Waals surface area contributed by atoms with Gasteiger partial charge in [0, 0.05) is 12.6 Å². The van der Waals surface area contributed by atoms with Crippen LogP contribution in [0.5, 0.6) is 0 Å². The minimum atomic E-state index is -0.961. The highest BCUT2D eigenvalue weighted by Gasteiger charge is 2.20. The van der Waals surface area contributed by atoms with Crippen molar-refractivity contribution >= 4 is 11.4 Å². The van der Waals surface area contributed by atoms with Gasteiger partial charge >= 0.3 is 0 Å². The Hall–Kier alpha value is -1.83. The maximum absolute atomic E-state index is 13.7. The molecule has 0 atom stereocenters. The van der Waals surface area contributed by atoms with Gasteiger partial charge in [-0.15, -0.1) is 0 Å². The third-order valence-corrected chi connectivity index (χ3v) is 2.48. The lowest BCUT2D eigenvalue weighted by molar-refractivity contribution is 0.503. The molecule has 0 aromatic heterocycles. The van der Waals surface area contributed by atoms with Crippen LogP contribution in [-0.2, 0) is 0 Å². The number of hydrogen-bond donors (Lipinski definition) is 1. The topological polar surface area (TPSA) is 53.0 Å². The first-order valence-corrected chi connectivity index (χ1v) is 5.36. The van der Waals surface area contributed by atoms with Gasteiger partial charge in [0.1, 0.15) is 0 Å². The van der Waals surface area contributed by atoms with Gasteiger partial charge in [-0.05, 0) is 26.0 Å². The van der Waals surface area contributed by atoms with Crippen molar-refractivity contribution in [1.82, 2.24) is 0 Å². The Morgan fingerprint density at radius 3 is 2.59 bits per heavy atom. The smallest absolute Gasteiger partial charge is 0.184 e. The molecule has 92 valence electrons. The largest absolute Gasteiger partial charge is 0.397 e. The Morgan fingerprint density at radius 2 is 2.06 bits per heavy atom. The molecule has 0 fully saturated rings. The van der Waals surface area contributed by atoms with Crippen molar-refractivity contribution in [3.05, 3.63) is 23.8 Å². The van der Waals surface area contributed by atoms with Crippen molar-refractivity contribution in [2.75, 3.05) is 17.2 Å². The van der Waals surface area contributed by atoms with E-state index in [9.17, 15) is 8.78 Å². The molecule has 0 unspecified atom stereocenters. The quantitative estimate of drug-likeness (QED) is 0.822. The molecule has 1 rings (SSSR count). The molecule has 0 aliphatic heterocycles. The van der Waals surface area contributed by atoms with Gasteiger partial charge in [0.25, 0.3) is 0 Å². The second kappa shape index (κ2) is 5.48. The standard InChI is InChI=1S/C12H15F2N3/c1-8(2)17(7-3-6-15)12-10(16)5-4-9(13)11(12)14/h4-5,8H,3,7,16H2,1-2H3. The molecule has 0 amide bonds. The highest BCUT2D eigenvalue weighted by Crippen LogP contribution is 2.30. The van der Waals surface area contributed by atoms with E-state index < -0.39 is 11.6 Å². The van der Waals surface area contributed by atoms with Crippen molar-refractivity contribution in [2.24, 2.45) is 0 Å². The summed E-state index contributed by atoms with van der Waals surface area (Å²) in [6.45, 7) is 3.99. The van der Waals surface area contributed by atoms with E-state index >= 15 is 0 Å². The van der Waals surface area contributed by atoms with Gasteiger partial charge in [-0.1, -0.05) is 0 Å². The first-order chi connectivity index (χ1) is 7.99. The normalized spacial score (nSPS) is 10.4. The Morgan fingerprint density at radius 1 is 1.41 bits per heavy atom. The van der Waals surface area contributed by atoms with Crippen LogP contribution in [0.3, 0.4) is 0 Å². The third kappa shape index (κ3) is 2.84. The fourth-order valence-electron chi connectivity index (χ4n) is 1.65. The van der Waals surface area contributed by atoms with E-state index in [4.69, 9.17) is 11.0 Å². The van der Waals surface area contributed by atoms with Gasteiger partial charge in [-0.25, -0.2) is 8.78 Å². The minimum Gasteiger partial charge on any atom is -0.397 e. The number of nitriles is 1. The Labute approximate surface area is 99.4 Å². The van der Waals surface area contributed by atoms with Crippen molar-refractivity contribution in [1.29, 1.82) is 5.26 Å². The SMILES string of the molecule is CC(C)N(CCC#N)c1c(N)ccc(F)c1F. The number of anilines is 2. The molecule has 0 aliphatic rings. The molecular formula is C12H15F2N3. The Kier molecular flexibility index (Phi) is 4.27. The van der Waals surface area contributed by atoms with Crippen LogP contribution >= 0.6 is 0 Å². The van der Waals surface area contributed by atoms with E-state index in [0.717, 1.165) is 6.07 Å². The fraction of sp³-hybridized carbons (Fsp3) is 0.417. The van der Waals surface area contributed by atoms with Crippen LogP contribution in [0.4, 0.5) is 20.2 Å². The number of benzene rings is 1. The molecule has 17 heavy (non-hydrogen) atoms. The van der Waals surface area contributed by atoms with Gasteiger partial charge in [0.2, 0.25) is 0 Å². The second-order valence-corrected chi connectivity index (χ2v) is 3.99. The summed E-state index contributed by atoms with van der Waals surface area (Å²) in [5.74, 6) is -1.89. The van der Waals surface area contributed by atoms with E-state index in [2.05, 4.69) is 0 Å². The van der Waals surface area contributed by atoms with Crippen LogP contribution < -0.4 is 10.6 Å². The average Bonchev–Trinajstić information content (AvgIpc) is 2.28. The third-order valence-electron chi connectivity index (χ3n) is 2.48. The van der Waals surface area contributed by atoms with E-state index in [1.165, 1.54) is 6.07 Å². The van der Waals surface area contributed by atoms with Crippen LogP contribution in [-0.4, -0.2) is 12.6 Å². The number of rotatable bonds is 4. The Balaban J connectivity index is 3.18. The van der Waals surface area contributed by atoms with Gasteiger partial charge in [0.05, 0.1) is 23.9 Å². The van der Waals surface area contributed by atoms with Crippen LogP contribution in [0.2, 0.25) is 0 Å². The molecular weight excluding hydrogens is 224 g/mol. The van der Waals surface area contributed by atoms with E-state index in [-0.39, 0.29) is 23.8 Å². The van der Waals surface area contributed by atoms with E-state index in [1.54, 1.807) is 4.90 Å². The number of hydrogen-bond acceptors (Lipinski definition) is 3. The van der Waals surface area contributed by atoms with Crippen LogP contribution in [0.15, 0.2) is 12.1 Å². The summed E-state index contributed by atoms with van der Waals surface area (Å²) >= 11 is 0. The van der Waals surface area contributed by atoms with Crippen LogP contribution in [0.1, 0.15) is 20.3 Å². The summed E-state index contributed by atoms with van der Waals surface area (Å²) in [5.41, 5.74) is 5.88. The zero-order chi connectivity index (χ0) is 13.0. The van der Waals surface area contributed by atoms with Gasteiger partial charge in [-0.3, -0.25) is 0 Å². The van der Waals surface area contributed by atoms with Crippen molar-refractivity contribution < 1.29 is 8.78 Å². The van der Waals surface area contributed by atoms with E-state index in [1.807, 2.05) is 19.9 Å². The minimum absolute atomic E-state index is 0.0373. The maximum atomic E-state index is 13.7. The van der Waals surface area contributed by atoms with Crippen molar-refractivity contribution in [3.63, 3.8) is 0 Å².